The van der Waals surface area contributed by atoms with Crippen LogP contribution >= 0.6 is 0 Å². The Labute approximate surface area is 105 Å². The van der Waals surface area contributed by atoms with E-state index in [0.29, 0.717) is 12.2 Å². The maximum atomic E-state index is 11.0. The van der Waals surface area contributed by atoms with E-state index in [0.717, 1.165) is 16.5 Å². The quantitative estimate of drug-likeness (QED) is 0.863. The van der Waals surface area contributed by atoms with Crippen molar-refractivity contribution in [3.63, 3.8) is 0 Å². The Morgan fingerprint density at radius 2 is 2.00 bits per heavy atom. The maximum absolute atomic E-state index is 11.0. The fourth-order valence-corrected chi connectivity index (χ4v) is 1.85. The highest BCUT2D eigenvalue weighted by Gasteiger charge is 2.17. The van der Waals surface area contributed by atoms with Crippen LogP contribution < -0.4 is 5.32 Å². The van der Waals surface area contributed by atoms with Gasteiger partial charge in [-0.15, -0.1) is 5.10 Å². The van der Waals surface area contributed by atoms with Crippen LogP contribution in [-0.4, -0.2) is 27.3 Å². The zero-order valence-electron chi connectivity index (χ0n) is 10.3. The Balaban J connectivity index is 2.45. The molecular weight excluding hydrogens is 230 g/mol. The van der Waals surface area contributed by atoms with Gasteiger partial charge >= 0.3 is 5.97 Å². The molecule has 94 valence electrons. The van der Waals surface area contributed by atoms with Gasteiger partial charge in [0.2, 0.25) is 0 Å². The molecule has 5 nitrogen and oxygen atoms in total. The number of nitrogens with one attached hydrogen (secondary N) is 1. The zero-order chi connectivity index (χ0) is 13.1. The van der Waals surface area contributed by atoms with E-state index in [1.807, 2.05) is 38.1 Å². The van der Waals surface area contributed by atoms with E-state index in [4.69, 9.17) is 5.11 Å². The summed E-state index contributed by atoms with van der Waals surface area (Å²) >= 11 is 0. The lowest BCUT2D eigenvalue weighted by molar-refractivity contribution is -0.137. The summed E-state index contributed by atoms with van der Waals surface area (Å²) in [6.07, 6.45) is 0.485. The second-order valence-electron chi connectivity index (χ2n) is 4.12. The number of rotatable bonds is 4. The van der Waals surface area contributed by atoms with Gasteiger partial charge in [0.1, 0.15) is 6.04 Å². The Hall–Kier alpha value is -2.17. The molecule has 1 atom stereocenters. The van der Waals surface area contributed by atoms with Crippen LogP contribution in [0.3, 0.4) is 0 Å². The van der Waals surface area contributed by atoms with E-state index in [1.54, 1.807) is 0 Å². The normalized spacial score (nSPS) is 12.3. The highest BCUT2D eigenvalue weighted by molar-refractivity contribution is 5.94. The molecule has 0 amide bonds. The van der Waals surface area contributed by atoms with E-state index in [1.165, 1.54) is 0 Å². The van der Waals surface area contributed by atoms with E-state index in [-0.39, 0.29) is 0 Å². The van der Waals surface area contributed by atoms with Crippen LogP contribution in [-0.2, 0) is 4.79 Å². The summed E-state index contributed by atoms with van der Waals surface area (Å²) in [5, 5.41) is 22.0. The number of benzene rings is 1. The Morgan fingerprint density at radius 1 is 1.33 bits per heavy atom. The van der Waals surface area contributed by atoms with Gasteiger partial charge in [0.15, 0.2) is 5.82 Å². The summed E-state index contributed by atoms with van der Waals surface area (Å²) < 4.78 is 0. The summed E-state index contributed by atoms with van der Waals surface area (Å²) in [6, 6.07) is 7.04. The van der Waals surface area contributed by atoms with Gasteiger partial charge in [-0.1, -0.05) is 31.2 Å². The van der Waals surface area contributed by atoms with Crippen molar-refractivity contribution in [1.29, 1.82) is 0 Å². The van der Waals surface area contributed by atoms with Crippen LogP contribution in [0.1, 0.15) is 19.0 Å². The first-order valence-electron chi connectivity index (χ1n) is 5.85. The van der Waals surface area contributed by atoms with Gasteiger partial charge in [0.05, 0.1) is 5.69 Å². The second-order valence-corrected chi connectivity index (χ2v) is 4.12. The first-order valence-corrected chi connectivity index (χ1v) is 5.85. The third-order valence-electron chi connectivity index (χ3n) is 2.89. The number of carbonyl (C=O) groups is 1. The summed E-state index contributed by atoms with van der Waals surface area (Å²) in [5.74, 6) is -0.366. The molecule has 2 aromatic rings. The standard InChI is InChI=1S/C13H15N3O2/c1-3-11(13(17)18)14-12-10-7-5-4-6-9(10)8(2)15-16-12/h4-7,11H,3H2,1-2H3,(H,14,16)(H,17,18). The number of carboxylic acids is 1. The highest BCUT2D eigenvalue weighted by atomic mass is 16.4. The lowest BCUT2D eigenvalue weighted by atomic mass is 10.1. The van der Waals surface area contributed by atoms with Crippen LogP contribution in [0.5, 0.6) is 0 Å². The average molecular weight is 245 g/mol. The van der Waals surface area contributed by atoms with E-state index in [2.05, 4.69) is 15.5 Å². The first kappa shape index (κ1) is 12.3. The van der Waals surface area contributed by atoms with Crippen molar-refractivity contribution < 1.29 is 9.90 Å². The molecule has 2 N–H and O–H groups in total. The van der Waals surface area contributed by atoms with Gasteiger partial charge in [-0.2, -0.15) is 5.10 Å². The minimum absolute atomic E-state index is 0.485. The number of hydrogen-bond donors (Lipinski definition) is 2. The van der Waals surface area contributed by atoms with Crippen LogP contribution in [0.2, 0.25) is 0 Å². The average Bonchev–Trinajstić information content (AvgIpc) is 2.38. The molecule has 0 spiro atoms. The molecule has 0 radical (unpaired) electrons. The van der Waals surface area contributed by atoms with Crippen LogP contribution in [0.15, 0.2) is 24.3 Å². The topological polar surface area (TPSA) is 75.1 Å². The van der Waals surface area contributed by atoms with Crippen LogP contribution in [0.25, 0.3) is 10.8 Å². The van der Waals surface area contributed by atoms with Gasteiger partial charge in [-0.25, -0.2) is 4.79 Å². The molecule has 5 heteroatoms. The number of fused-ring (bicyclic) bond motifs is 1. The highest BCUT2D eigenvalue weighted by Crippen LogP contribution is 2.23. The number of anilines is 1. The molecule has 0 aliphatic rings. The summed E-state index contributed by atoms with van der Waals surface area (Å²) in [6.45, 7) is 3.70. The first-order chi connectivity index (χ1) is 8.63. The fraction of sp³-hybridized carbons (Fsp3) is 0.308. The molecule has 0 saturated heterocycles. The summed E-state index contributed by atoms with van der Waals surface area (Å²) in [7, 11) is 0. The van der Waals surface area contributed by atoms with Crippen molar-refractivity contribution in [3.05, 3.63) is 30.0 Å². The molecule has 0 fully saturated rings. The largest absolute Gasteiger partial charge is 0.480 e. The SMILES string of the molecule is CCC(Nc1nnc(C)c2ccccc12)C(=O)O. The molecule has 1 aromatic heterocycles. The number of aromatic nitrogens is 2. The Kier molecular flexibility index (Phi) is 3.41. The molecule has 2 rings (SSSR count). The molecule has 18 heavy (non-hydrogen) atoms. The van der Waals surface area contributed by atoms with Gasteiger partial charge < -0.3 is 10.4 Å². The molecule has 0 bridgehead atoms. The summed E-state index contributed by atoms with van der Waals surface area (Å²) in [4.78, 5) is 11.0. The van der Waals surface area contributed by atoms with Crippen molar-refractivity contribution in [3.8, 4) is 0 Å². The lowest BCUT2D eigenvalue weighted by Gasteiger charge is -2.14. The van der Waals surface area contributed by atoms with Crippen molar-refractivity contribution in [2.45, 2.75) is 26.3 Å². The molecular formula is C13H15N3O2. The lowest BCUT2D eigenvalue weighted by Crippen LogP contribution is -2.29. The number of aliphatic carboxylic acids is 1. The predicted molar refractivity (Wildman–Crippen MR) is 69.6 cm³/mol. The van der Waals surface area contributed by atoms with Gasteiger partial charge in [0.25, 0.3) is 0 Å². The van der Waals surface area contributed by atoms with Crippen LogP contribution in [0, 0.1) is 6.92 Å². The van der Waals surface area contributed by atoms with E-state index in [9.17, 15) is 4.79 Å². The molecule has 1 unspecified atom stereocenters. The third kappa shape index (κ3) is 2.25. The maximum Gasteiger partial charge on any atom is 0.326 e. The van der Waals surface area contributed by atoms with Crippen LogP contribution in [0.4, 0.5) is 5.82 Å². The number of carboxylic acid groups (broad SMARTS) is 1. The molecule has 1 heterocycles. The fourth-order valence-electron chi connectivity index (χ4n) is 1.85. The van der Waals surface area contributed by atoms with E-state index >= 15 is 0 Å². The van der Waals surface area contributed by atoms with Gasteiger partial charge in [-0.3, -0.25) is 0 Å². The number of hydrogen-bond acceptors (Lipinski definition) is 4. The summed E-state index contributed by atoms with van der Waals surface area (Å²) in [5.41, 5.74) is 0.833. The minimum Gasteiger partial charge on any atom is -0.480 e. The second kappa shape index (κ2) is 5.00. The molecule has 0 aliphatic carbocycles. The van der Waals surface area contributed by atoms with Gasteiger partial charge in [0, 0.05) is 10.8 Å². The number of nitrogens with zero attached hydrogens (tertiary/aromatic N) is 2. The number of aryl methyl sites for hydroxylation is 1. The van der Waals surface area contributed by atoms with Crippen molar-refractivity contribution in [2.24, 2.45) is 0 Å². The molecule has 1 aromatic carbocycles. The Bertz CT molecular complexity index is 583. The van der Waals surface area contributed by atoms with Gasteiger partial charge in [-0.05, 0) is 13.3 Å². The smallest absolute Gasteiger partial charge is 0.326 e. The monoisotopic (exact) mass is 245 g/mol. The third-order valence-corrected chi connectivity index (χ3v) is 2.89. The van der Waals surface area contributed by atoms with Crippen molar-refractivity contribution in [1.82, 2.24) is 10.2 Å². The Morgan fingerprint density at radius 3 is 2.61 bits per heavy atom. The zero-order valence-corrected chi connectivity index (χ0v) is 10.3. The predicted octanol–water partition coefficient (Wildman–Crippen LogP) is 2.21. The molecule has 0 aliphatic heterocycles. The van der Waals surface area contributed by atoms with Crippen molar-refractivity contribution >= 4 is 22.6 Å². The van der Waals surface area contributed by atoms with Crippen molar-refractivity contribution in [2.75, 3.05) is 5.32 Å². The minimum atomic E-state index is -0.885. The molecule has 0 saturated carbocycles. The van der Waals surface area contributed by atoms with E-state index < -0.39 is 12.0 Å².